The maximum Gasteiger partial charge on any atom is 0.338 e. The lowest BCUT2D eigenvalue weighted by Gasteiger charge is -2.08. The molecule has 2 aromatic rings. The number of thioether (sulfide) groups is 1. The molecule has 3 N–H and O–H groups in total. The summed E-state index contributed by atoms with van der Waals surface area (Å²) in [5.41, 5.74) is 6.46. The van der Waals surface area contributed by atoms with E-state index >= 15 is 0 Å². The SMILES string of the molecule is Nc1cc(C(=O)O)c(F)cc1SCc1ccccc1Cl. The summed E-state index contributed by atoms with van der Waals surface area (Å²) in [5.74, 6) is -1.61. The van der Waals surface area contributed by atoms with Crippen LogP contribution in [-0.4, -0.2) is 11.1 Å². The van der Waals surface area contributed by atoms with Gasteiger partial charge in [-0.1, -0.05) is 29.8 Å². The minimum atomic E-state index is -1.34. The van der Waals surface area contributed by atoms with Crippen molar-refractivity contribution in [2.75, 3.05) is 5.73 Å². The van der Waals surface area contributed by atoms with Crippen molar-refractivity contribution < 1.29 is 14.3 Å². The molecule has 0 saturated carbocycles. The van der Waals surface area contributed by atoms with Crippen LogP contribution in [0.15, 0.2) is 41.3 Å². The average molecular weight is 312 g/mol. The second-order valence-electron chi connectivity index (χ2n) is 4.06. The number of hydrogen-bond donors (Lipinski definition) is 2. The minimum Gasteiger partial charge on any atom is -0.478 e. The standard InChI is InChI=1S/C14H11ClFNO2S/c15-10-4-2-1-3-8(10)7-20-13-6-11(16)9(14(18)19)5-12(13)17/h1-6H,7,17H2,(H,18,19). The quantitative estimate of drug-likeness (QED) is 0.660. The molecule has 0 aliphatic rings. The van der Waals surface area contributed by atoms with Crippen molar-refractivity contribution in [1.82, 2.24) is 0 Å². The summed E-state index contributed by atoms with van der Waals surface area (Å²) >= 11 is 7.34. The fraction of sp³-hybridized carbons (Fsp3) is 0.0714. The summed E-state index contributed by atoms with van der Waals surface area (Å²) in [6.45, 7) is 0. The van der Waals surface area contributed by atoms with Crippen molar-refractivity contribution in [3.8, 4) is 0 Å². The molecule has 104 valence electrons. The van der Waals surface area contributed by atoms with E-state index in [0.29, 0.717) is 15.7 Å². The van der Waals surface area contributed by atoms with Crippen LogP contribution in [0, 0.1) is 5.82 Å². The van der Waals surface area contributed by atoms with Gasteiger partial charge in [0.05, 0.1) is 5.56 Å². The molecule has 0 radical (unpaired) electrons. The fourth-order valence-corrected chi connectivity index (χ4v) is 2.89. The molecule has 0 amide bonds. The number of aromatic carboxylic acids is 1. The number of carboxylic acid groups (broad SMARTS) is 1. The predicted octanol–water partition coefficient (Wildman–Crippen LogP) is 4.05. The van der Waals surface area contributed by atoms with E-state index < -0.39 is 17.3 Å². The molecule has 2 rings (SSSR count). The number of carboxylic acids is 1. The molecule has 0 fully saturated rings. The Bertz CT molecular complexity index is 664. The third kappa shape index (κ3) is 3.23. The van der Waals surface area contributed by atoms with Gasteiger partial charge >= 0.3 is 5.97 Å². The van der Waals surface area contributed by atoms with Gasteiger partial charge in [0.25, 0.3) is 0 Å². The first-order valence-corrected chi connectivity index (χ1v) is 7.04. The average Bonchev–Trinajstić information content (AvgIpc) is 2.40. The maximum absolute atomic E-state index is 13.6. The van der Waals surface area contributed by atoms with Crippen LogP contribution < -0.4 is 5.73 Å². The molecule has 0 unspecified atom stereocenters. The Balaban J connectivity index is 2.21. The molecule has 0 heterocycles. The number of nitrogens with two attached hydrogens (primary N) is 1. The van der Waals surface area contributed by atoms with E-state index in [1.165, 1.54) is 11.8 Å². The summed E-state index contributed by atoms with van der Waals surface area (Å²) in [6.07, 6.45) is 0. The van der Waals surface area contributed by atoms with Gasteiger partial charge in [0.1, 0.15) is 5.82 Å². The lowest BCUT2D eigenvalue weighted by atomic mass is 10.2. The molecule has 2 aromatic carbocycles. The zero-order chi connectivity index (χ0) is 14.7. The number of hydrogen-bond acceptors (Lipinski definition) is 3. The molecular formula is C14H11ClFNO2S. The molecule has 0 bridgehead atoms. The van der Waals surface area contributed by atoms with E-state index in [-0.39, 0.29) is 5.69 Å². The number of halogens is 2. The van der Waals surface area contributed by atoms with Crippen LogP contribution in [0.3, 0.4) is 0 Å². The Morgan fingerprint density at radius 3 is 2.70 bits per heavy atom. The van der Waals surface area contributed by atoms with Crippen molar-refractivity contribution in [3.63, 3.8) is 0 Å². The van der Waals surface area contributed by atoms with Crippen molar-refractivity contribution in [2.24, 2.45) is 0 Å². The summed E-state index contributed by atoms with van der Waals surface area (Å²) in [4.78, 5) is 11.3. The van der Waals surface area contributed by atoms with Crippen LogP contribution in [0.4, 0.5) is 10.1 Å². The summed E-state index contributed by atoms with van der Waals surface area (Å²) in [6, 6.07) is 9.60. The van der Waals surface area contributed by atoms with Gasteiger partial charge in [0.2, 0.25) is 0 Å². The summed E-state index contributed by atoms with van der Waals surface area (Å²) in [7, 11) is 0. The van der Waals surface area contributed by atoms with E-state index in [0.717, 1.165) is 17.7 Å². The Kier molecular flexibility index (Phi) is 4.52. The number of nitrogen functional groups attached to an aromatic ring is 1. The van der Waals surface area contributed by atoms with E-state index in [1.807, 2.05) is 18.2 Å². The van der Waals surface area contributed by atoms with Crippen molar-refractivity contribution in [2.45, 2.75) is 10.6 Å². The first-order chi connectivity index (χ1) is 9.49. The molecule has 6 heteroatoms. The molecule has 20 heavy (non-hydrogen) atoms. The van der Waals surface area contributed by atoms with E-state index in [2.05, 4.69) is 0 Å². The van der Waals surface area contributed by atoms with Gasteiger partial charge in [-0.05, 0) is 23.8 Å². The molecular weight excluding hydrogens is 301 g/mol. The van der Waals surface area contributed by atoms with Gasteiger partial charge in [0, 0.05) is 21.4 Å². The predicted molar refractivity (Wildman–Crippen MR) is 78.8 cm³/mol. The van der Waals surface area contributed by atoms with Crippen molar-refractivity contribution in [3.05, 3.63) is 58.4 Å². The van der Waals surface area contributed by atoms with E-state index in [4.69, 9.17) is 22.4 Å². The van der Waals surface area contributed by atoms with Gasteiger partial charge in [-0.25, -0.2) is 9.18 Å². The third-order valence-electron chi connectivity index (χ3n) is 2.67. The topological polar surface area (TPSA) is 63.3 Å². The lowest BCUT2D eigenvalue weighted by Crippen LogP contribution is -2.03. The van der Waals surface area contributed by atoms with Crippen LogP contribution in [0.25, 0.3) is 0 Å². The Morgan fingerprint density at radius 1 is 1.35 bits per heavy atom. The van der Waals surface area contributed by atoms with E-state index in [9.17, 15) is 9.18 Å². The Hall–Kier alpha value is -1.72. The van der Waals surface area contributed by atoms with E-state index in [1.54, 1.807) is 6.07 Å². The summed E-state index contributed by atoms with van der Waals surface area (Å²) < 4.78 is 13.6. The highest BCUT2D eigenvalue weighted by molar-refractivity contribution is 7.98. The highest BCUT2D eigenvalue weighted by Gasteiger charge is 2.14. The highest BCUT2D eigenvalue weighted by Crippen LogP contribution is 2.32. The first kappa shape index (κ1) is 14.7. The minimum absolute atomic E-state index is 0.237. The molecule has 0 saturated heterocycles. The fourth-order valence-electron chi connectivity index (χ4n) is 1.63. The van der Waals surface area contributed by atoms with Crippen LogP contribution in [0.5, 0.6) is 0 Å². The maximum atomic E-state index is 13.6. The Labute approximate surface area is 124 Å². The van der Waals surface area contributed by atoms with Crippen molar-refractivity contribution in [1.29, 1.82) is 0 Å². The van der Waals surface area contributed by atoms with Crippen molar-refractivity contribution >= 4 is 35.0 Å². The molecule has 0 aliphatic heterocycles. The van der Waals surface area contributed by atoms with Gasteiger partial charge in [-0.15, -0.1) is 11.8 Å². The van der Waals surface area contributed by atoms with Crippen LogP contribution in [0.2, 0.25) is 5.02 Å². The monoisotopic (exact) mass is 311 g/mol. The number of rotatable bonds is 4. The molecule has 0 aliphatic carbocycles. The smallest absolute Gasteiger partial charge is 0.338 e. The number of benzene rings is 2. The van der Waals surface area contributed by atoms with Crippen LogP contribution in [0.1, 0.15) is 15.9 Å². The third-order valence-corrected chi connectivity index (χ3v) is 4.16. The zero-order valence-corrected chi connectivity index (χ0v) is 11.8. The molecule has 3 nitrogen and oxygen atoms in total. The van der Waals surface area contributed by atoms with Crippen LogP contribution in [-0.2, 0) is 5.75 Å². The highest BCUT2D eigenvalue weighted by atomic mass is 35.5. The van der Waals surface area contributed by atoms with Gasteiger partial charge < -0.3 is 10.8 Å². The molecule has 0 spiro atoms. The first-order valence-electron chi connectivity index (χ1n) is 5.67. The zero-order valence-electron chi connectivity index (χ0n) is 10.3. The van der Waals surface area contributed by atoms with Crippen LogP contribution >= 0.6 is 23.4 Å². The van der Waals surface area contributed by atoms with Gasteiger partial charge in [-0.2, -0.15) is 0 Å². The second kappa shape index (κ2) is 6.15. The number of carbonyl (C=O) groups is 1. The Morgan fingerprint density at radius 2 is 2.05 bits per heavy atom. The normalized spacial score (nSPS) is 10.5. The second-order valence-corrected chi connectivity index (χ2v) is 5.48. The number of anilines is 1. The van der Waals surface area contributed by atoms with Gasteiger partial charge in [0.15, 0.2) is 0 Å². The largest absolute Gasteiger partial charge is 0.478 e. The summed E-state index contributed by atoms with van der Waals surface area (Å²) in [5, 5.41) is 9.43. The van der Waals surface area contributed by atoms with Gasteiger partial charge in [-0.3, -0.25) is 0 Å². The molecule has 0 atom stereocenters. The lowest BCUT2D eigenvalue weighted by molar-refractivity contribution is 0.0692. The molecule has 0 aromatic heterocycles.